The molecule has 0 aromatic heterocycles. The van der Waals surface area contributed by atoms with Crippen LogP contribution >= 0.6 is 0 Å². The second kappa shape index (κ2) is 7.14. The minimum atomic E-state index is -1.19. The highest BCUT2D eigenvalue weighted by molar-refractivity contribution is 5.78. The zero-order valence-electron chi connectivity index (χ0n) is 9.92. The van der Waals surface area contributed by atoms with Gasteiger partial charge in [0.2, 0.25) is 0 Å². The Morgan fingerprint density at radius 2 is 2.25 bits per heavy atom. The molecule has 0 saturated heterocycles. The van der Waals surface area contributed by atoms with Crippen LogP contribution in [-0.2, 0) is 4.79 Å². The molecule has 5 N–H and O–H groups in total. The number of rotatable bonds is 8. The van der Waals surface area contributed by atoms with Crippen LogP contribution in [0, 0.1) is 5.41 Å². The Labute approximate surface area is 96.2 Å². The molecule has 0 fully saturated rings. The molecule has 5 heteroatoms. The van der Waals surface area contributed by atoms with E-state index < -0.39 is 11.5 Å². The smallest absolute Gasteiger partial charge is 0.323 e. The van der Waals surface area contributed by atoms with Crippen molar-refractivity contribution < 1.29 is 9.90 Å². The highest BCUT2D eigenvalue weighted by Crippen LogP contribution is 2.10. The summed E-state index contributed by atoms with van der Waals surface area (Å²) in [5.74, 6) is -0.988. The third kappa shape index (κ3) is 6.31. The molecule has 0 amide bonds. The molecule has 0 aliphatic carbocycles. The number of hydrogen-bond acceptors (Lipinski definition) is 4. The second-order valence-corrected chi connectivity index (χ2v) is 4.14. The second-order valence-electron chi connectivity index (χ2n) is 4.14. The average molecular weight is 227 g/mol. The average Bonchev–Trinajstić information content (AvgIpc) is 2.21. The number of carbonyl (C=O) groups is 1. The van der Waals surface area contributed by atoms with E-state index in [1.165, 1.54) is 13.1 Å². The maximum absolute atomic E-state index is 10.7. The Morgan fingerprint density at radius 3 is 2.75 bits per heavy atom. The van der Waals surface area contributed by atoms with Gasteiger partial charge in [0, 0.05) is 12.8 Å². The third-order valence-electron chi connectivity index (χ3n) is 2.31. The van der Waals surface area contributed by atoms with Crippen LogP contribution in [0.4, 0.5) is 0 Å². The van der Waals surface area contributed by atoms with E-state index in [-0.39, 0.29) is 0 Å². The lowest BCUT2D eigenvalue weighted by Crippen LogP contribution is -2.44. The van der Waals surface area contributed by atoms with Crippen molar-refractivity contribution in [2.75, 3.05) is 13.1 Å². The van der Waals surface area contributed by atoms with Crippen LogP contribution in [0.1, 0.15) is 26.7 Å². The Morgan fingerprint density at radius 1 is 1.62 bits per heavy atom. The fourth-order valence-corrected chi connectivity index (χ4v) is 1.04. The fourth-order valence-electron chi connectivity index (χ4n) is 1.04. The molecule has 0 saturated carbocycles. The lowest BCUT2D eigenvalue weighted by Gasteiger charge is -2.17. The molecule has 0 aromatic carbocycles. The molecule has 0 aromatic rings. The van der Waals surface area contributed by atoms with E-state index in [9.17, 15) is 4.79 Å². The first-order valence-electron chi connectivity index (χ1n) is 5.27. The van der Waals surface area contributed by atoms with E-state index >= 15 is 0 Å². The van der Waals surface area contributed by atoms with E-state index in [0.717, 1.165) is 18.5 Å². The van der Waals surface area contributed by atoms with Gasteiger partial charge in [0.1, 0.15) is 5.54 Å². The van der Waals surface area contributed by atoms with Crippen molar-refractivity contribution >= 4 is 12.2 Å². The molecule has 0 aliphatic heterocycles. The maximum Gasteiger partial charge on any atom is 0.323 e. The number of aliphatic carboxylic acids is 1. The minimum absolute atomic E-state index is 0.332. The van der Waals surface area contributed by atoms with Crippen molar-refractivity contribution in [2.24, 2.45) is 5.73 Å². The number of nitrogens with one attached hydrogen (secondary N) is 2. The lowest BCUT2D eigenvalue weighted by molar-refractivity contribution is -0.142. The fraction of sp³-hybridized carbons (Fsp3) is 0.636. The van der Waals surface area contributed by atoms with Gasteiger partial charge in [-0.25, -0.2) is 0 Å². The third-order valence-corrected chi connectivity index (χ3v) is 2.31. The first-order chi connectivity index (χ1) is 7.40. The SMILES string of the molecule is C/C(=C/C[C@](C)(N)C(=O)O)CCNCC=N. The molecule has 0 aliphatic rings. The summed E-state index contributed by atoms with van der Waals surface area (Å²) >= 11 is 0. The van der Waals surface area contributed by atoms with Gasteiger partial charge in [-0.15, -0.1) is 0 Å². The quantitative estimate of drug-likeness (QED) is 0.279. The zero-order chi connectivity index (χ0) is 12.6. The van der Waals surface area contributed by atoms with E-state index in [4.69, 9.17) is 16.2 Å². The molecular weight excluding hydrogens is 206 g/mol. The molecule has 0 unspecified atom stereocenters. The largest absolute Gasteiger partial charge is 0.480 e. The summed E-state index contributed by atoms with van der Waals surface area (Å²) in [6.45, 7) is 4.81. The molecule has 0 radical (unpaired) electrons. The Balaban J connectivity index is 3.95. The van der Waals surface area contributed by atoms with Gasteiger partial charge in [-0.3, -0.25) is 4.79 Å². The van der Waals surface area contributed by atoms with Crippen LogP contribution < -0.4 is 11.1 Å². The first kappa shape index (κ1) is 14.8. The molecule has 0 bridgehead atoms. The van der Waals surface area contributed by atoms with Crippen molar-refractivity contribution in [2.45, 2.75) is 32.2 Å². The highest BCUT2D eigenvalue weighted by Gasteiger charge is 2.25. The molecule has 5 nitrogen and oxygen atoms in total. The van der Waals surface area contributed by atoms with E-state index in [2.05, 4.69) is 5.32 Å². The Hall–Kier alpha value is -1.20. The molecule has 0 spiro atoms. The number of carboxylic acids is 1. The lowest BCUT2D eigenvalue weighted by atomic mass is 9.97. The van der Waals surface area contributed by atoms with Gasteiger partial charge >= 0.3 is 5.97 Å². The summed E-state index contributed by atoms with van der Waals surface area (Å²) in [6.07, 6.45) is 4.34. The summed E-state index contributed by atoms with van der Waals surface area (Å²) in [4.78, 5) is 10.7. The summed E-state index contributed by atoms with van der Waals surface area (Å²) in [7, 11) is 0. The minimum Gasteiger partial charge on any atom is -0.480 e. The normalized spacial score (nSPS) is 15.6. The highest BCUT2D eigenvalue weighted by atomic mass is 16.4. The summed E-state index contributed by atoms with van der Waals surface area (Å²) in [6, 6.07) is 0. The van der Waals surface area contributed by atoms with E-state index in [1.54, 1.807) is 0 Å². The van der Waals surface area contributed by atoms with Crippen molar-refractivity contribution in [1.29, 1.82) is 5.41 Å². The van der Waals surface area contributed by atoms with Crippen LogP contribution in [0.5, 0.6) is 0 Å². The Kier molecular flexibility index (Phi) is 6.60. The topological polar surface area (TPSA) is 99.2 Å². The van der Waals surface area contributed by atoms with Crippen LogP contribution in [0.15, 0.2) is 11.6 Å². The predicted octanol–water partition coefficient (Wildman–Crippen LogP) is 0.754. The van der Waals surface area contributed by atoms with Crippen molar-refractivity contribution in [1.82, 2.24) is 5.32 Å². The standard InChI is InChI=1S/C11H21N3O2/c1-9(4-7-14-8-6-12)3-5-11(2,13)10(15)16/h3,6,12,14H,4-5,7-8,13H2,1-2H3,(H,15,16)/b9-3-,12-6?/t11-/m0/s1. The van der Waals surface area contributed by atoms with Crippen LogP contribution in [-0.4, -0.2) is 35.9 Å². The van der Waals surface area contributed by atoms with Crippen LogP contribution in [0.2, 0.25) is 0 Å². The van der Waals surface area contributed by atoms with Crippen molar-refractivity contribution in [3.05, 3.63) is 11.6 Å². The Bertz CT molecular complexity index is 272. The van der Waals surface area contributed by atoms with Crippen LogP contribution in [0.25, 0.3) is 0 Å². The molecule has 0 heterocycles. The molecule has 16 heavy (non-hydrogen) atoms. The van der Waals surface area contributed by atoms with Gasteiger partial charge in [0.05, 0.1) is 0 Å². The summed E-state index contributed by atoms with van der Waals surface area (Å²) in [5.41, 5.74) is 5.51. The van der Waals surface area contributed by atoms with Gasteiger partial charge < -0.3 is 21.6 Å². The van der Waals surface area contributed by atoms with Crippen molar-refractivity contribution in [3.8, 4) is 0 Å². The number of nitrogens with two attached hydrogens (primary N) is 1. The van der Waals surface area contributed by atoms with Crippen LogP contribution in [0.3, 0.4) is 0 Å². The monoisotopic (exact) mass is 227 g/mol. The van der Waals surface area contributed by atoms with Gasteiger partial charge in [0.15, 0.2) is 0 Å². The van der Waals surface area contributed by atoms with Gasteiger partial charge in [-0.05, 0) is 33.2 Å². The van der Waals surface area contributed by atoms with E-state index in [1.807, 2.05) is 13.0 Å². The number of hydrogen-bond donors (Lipinski definition) is 4. The summed E-state index contributed by atoms with van der Waals surface area (Å²) in [5, 5.41) is 18.7. The van der Waals surface area contributed by atoms with Gasteiger partial charge in [0.25, 0.3) is 0 Å². The van der Waals surface area contributed by atoms with E-state index in [0.29, 0.717) is 13.0 Å². The number of carboxylic acid groups (broad SMARTS) is 1. The molecular formula is C11H21N3O2. The molecule has 1 atom stereocenters. The predicted molar refractivity (Wildman–Crippen MR) is 64.9 cm³/mol. The van der Waals surface area contributed by atoms with Gasteiger partial charge in [-0.2, -0.15) is 0 Å². The van der Waals surface area contributed by atoms with Gasteiger partial charge in [-0.1, -0.05) is 11.6 Å². The summed E-state index contributed by atoms with van der Waals surface area (Å²) < 4.78 is 0. The molecule has 92 valence electrons. The molecule has 0 rings (SSSR count). The van der Waals surface area contributed by atoms with Crippen molar-refractivity contribution in [3.63, 3.8) is 0 Å². The first-order valence-corrected chi connectivity index (χ1v) is 5.27. The maximum atomic E-state index is 10.7. The zero-order valence-corrected chi connectivity index (χ0v) is 9.92.